The minimum absolute atomic E-state index is 0.000683. The van der Waals surface area contributed by atoms with Crippen LogP contribution in [0.4, 0.5) is 0 Å². The average Bonchev–Trinajstić information content (AvgIpc) is 2.39. The first kappa shape index (κ1) is 13.8. The van der Waals surface area contributed by atoms with Gasteiger partial charge in [-0.1, -0.05) is 36.6 Å². The fourth-order valence-electron chi connectivity index (χ4n) is 2.95. The van der Waals surface area contributed by atoms with Gasteiger partial charge in [0.15, 0.2) is 5.78 Å². The van der Waals surface area contributed by atoms with Gasteiger partial charge in [-0.15, -0.1) is 0 Å². The summed E-state index contributed by atoms with van der Waals surface area (Å²) in [6.45, 7) is 1.96. The molecule has 1 aromatic rings. The van der Waals surface area contributed by atoms with Gasteiger partial charge < -0.3 is 5.11 Å². The largest absolute Gasteiger partial charge is 0.481 e. The summed E-state index contributed by atoms with van der Waals surface area (Å²) in [5, 5.41) is 9.22. The van der Waals surface area contributed by atoms with Gasteiger partial charge in [-0.05, 0) is 31.7 Å². The summed E-state index contributed by atoms with van der Waals surface area (Å²) >= 11 is 0. The van der Waals surface area contributed by atoms with E-state index in [1.54, 1.807) is 0 Å². The lowest BCUT2D eigenvalue weighted by atomic mass is 9.76. The van der Waals surface area contributed by atoms with Crippen LogP contribution in [0.1, 0.15) is 48.0 Å². The predicted octanol–water partition coefficient (Wildman–Crippen LogP) is 3.46. The molecule has 0 aromatic heterocycles. The predicted molar refractivity (Wildman–Crippen MR) is 73.2 cm³/mol. The van der Waals surface area contributed by atoms with Crippen molar-refractivity contribution in [2.24, 2.45) is 11.8 Å². The Morgan fingerprint density at radius 1 is 1.26 bits per heavy atom. The number of aliphatic carboxylic acids is 1. The smallest absolute Gasteiger partial charge is 0.306 e. The molecule has 1 fully saturated rings. The molecule has 0 amide bonds. The number of Topliss-reactive ketones (excluding diaryl/α,β-unsaturated/α-hetero) is 1. The second kappa shape index (κ2) is 6.00. The van der Waals surface area contributed by atoms with Gasteiger partial charge >= 0.3 is 5.97 Å². The number of benzene rings is 1. The molecule has 2 unspecified atom stereocenters. The summed E-state index contributed by atoms with van der Waals surface area (Å²) in [6, 6.07) is 7.52. The number of carbonyl (C=O) groups is 2. The SMILES string of the molecule is Cc1cccc(C(=O)CC2CCCCC2C(=O)O)c1. The van der Waals surface area contributed by atoms with Crippen LogP contribution in [-0.2, 0) is 4.79 Å². The number of carboxylic acid groups (broad SMARTS) is 1. The van der Waals surface area contributed by atoms with E-state index in [1.165, 1.54) is 0 Å². The van der Waals surface area contributed by atoms with Crippen molar-refractivity contribution in [1.82, 2.24) is 0 Å². The first-order chi connectivity index (χ1) is 9.08. The molecule has 1 aromatic carbocycles. The highest BCUT2D eigenvalue weighted by Crippen LogP contribution is 2.33. The molecule has 0 heterocycles. The summed E-state index contributed by atoms with van der Waals surface area (Å²) < 4.78 is 0. The molecule has 0 aliphatic heterocycles. The van der Waals surface area contributed by atoms with Crippen molar-refractivity contribution < 1.29 is 14.7 Å². The van der Waals surface area contributed by atoms with E-state index in [1.807, 2.05) is 31.2 Å². The van der Waals surface area contributed by atoms with Crippen molar-refractivity contribution in [1.29, 1.82) is 0 Å². The minimum Gasteiger partial charge on any atom is -0.481 e. The normalized spacial score (nSPS) is 23.0. The highest BCUT2D eigenvalue weighted by atomic mass is 16.4. The Morgan fingerprint density at radius 3 is 2.68 bits per heavy atom. The molecule has 1 N–H and O–H groups in total. The molecule has 0 saturated heterocycles. The lowest BCUT2D eigenvalue weighted by molar-refractivity contribution is -0.144. The number of hydrogen-bond acceptors (Lipinski definition) is 2. The highest BCUT2D eigenvalue weighted by Gasteiger charge is 2.32. The topological polar surface area (TPSA) is 54.4 Å². The Kier molecular flexibility index (Phi) is 4.35. The van der Waals surface area contributed by atoms with Crippen LogP contribution < -0.4 is 0 Å². The Morgan fingerprint density at radius 2 is 2.00 bits per heavy atom. The summed E-state index contributed by atoms with van der Waals surface area (Å²) in [6.07, 6.45) is 3.93. The van der Waals surface area contributed by atoms with Crippen LogP contribution in [-0.4, -0.2) is 16.9 Å². The maximum Gasteiger partial charge on any atom is 0.306 e. The quantitative estimate of drug-likeness (QED) is 0.843. The van der Waals surface area contributed by atoms with Crippen molar-refractivity contribution >= 4 is 11.8 Å². The molecule has 0 spiro atoms. The number of rotatable bonds is 4. The number of carbonyl (C=O) groups excluding carboxylic acids is 1. The maximum atomic E-state index is 12.2. The first-order valence-corrected chi connectivity index (χ1v) is 6.90. The number of aryl methyl sites for hydroxylation is 1. The Labute approximate surface area is 113 Å². The summed E-state index contributed by atoms with van der Waals surface area (Å²) in [7, 11) is 0. The van der Waals surface area contributed by atoms with Crippen molar-refractivity contribution in [2.75, 3.05) is 0 Å². The van der Waals surface area contributed by atoms with E-state index < -0.39 is 5.97 Å². The Hall–Kier alpha value is -1.64. The van der Waals surface area contributed by atoms with E-state index in [2.05, 4.69) is 0 Å². The number of hydrogen-bond donors (Lipinski definition) is 1. The van der Waals surface area contributed by atoms with Crippen molar-refractivity contribution in [3.8, 4) is 0 Å². The molecule has 1 aliphatic rings. The molecule has 1 aliphatic carbocycles. The van der Waals surface area contributed by atoms with Crippen molar-refractivity contribution in [3.63, 3.8) is 0 Å². The minimum atomic E-state index is -0.748. The maximum absolute atomic E-state index is 12.2. The van der Waals surface area contributed by atoms with Crippen LogP contribution in [0.25, 0.3) is 0 Å². The fourth-order valence-corrected chi connectivity index (χ4v) is 2.95. The zero-order valence-corrected chi connectivity index (χ0v) is 11.3. The zero-order valence-electron chi connectivity index (χ0n) is 11.3. The molecule has 3 heteroatoms. The molecule has 3 nitrogen and oxygen atoms in total. The Bertz CT molecular complexity index is 479. The van der Waals surface area contributed by atoms with Crippen molar-refractivity contribution in [3.05, 3.63) is 35.4 Å². The zero-order chi connectivity index (χ0) is 13.8. The van der Waals surface area contributed by atoms with Crippen LogP contribution in [0, 0.1) is 18.8 Å². The Balaban J connectivity index is 2.07. The summed E-state index contributed by atoms with van der Waals surface area (Å²) in [5.74, 6) is -1.02. The molecular weight excluding hydrogens is 240 g/mol. The first-order valence-electron chi connectivity index (χ1n) is 6.90. The fraction of sp³-hybridized carbons (Fsp3) is 0.500. The van der Waals surface area contributed by atoms with Crippen LogP contribution in [0.15, 0.2) is 24.3 Å². The van der Waals surface area contributed by atoms with Gasteiger partial charge in [0.1, 0.15) is 0 Å². The third kappa shape index (κ3) is 3.43. The summed E-state index contributed by atoms with van der Waals surface area (Å²) in [4.78, 5) is 23.5. The molecule has 2 rings (SSSR count). The van der Waals surface area contributed by atoms with Gasteiger partial charge in [0.05, 0.1) is 5.92 Å². The molecule has 2 atom stereocenters. The van der Waals surface area contributed by atoms with Gasteiger partial charge in [0.25, 0.3) is 0 Å². The van der Waals surface area contributed by atoms with Gasteiger partial charge in [-0.25, -0.2) is 0 Å². The van der Waals surface area contributed by atoms with Gasteiger partial charge in [-0.3, -0.25) is 9.59 Å². The van der Waals surface area contributed by atoms with E-state index >= 15 is 0 Å². The lowest BCUT2D eigenvalue weighted by Crippen LogP contribution is -2.28. The van der Waals surface area contributed by atoms with Crippen LogP contribution in [0.3, 0.4) is 0 Å². The standard InChI is InChI=1S/C16H20O3/c1-11-5-4-7-13(9-11)15(17)10-12-6-2-3-8-14(12)16(18)19/h4-5,7,9,12,14H,2-3,6,8,10H2,1H3,(H,18,19). The van der Waals surface area contributed by atoms with Crippen molar-refractivity contribution in [2.45, 2.75) is 39.0 Å². The third-order valence-corrected chi connectivity index (χ3v) is 4.01. The van der Waals surface area contributed by atoms with E-state index in [4.69, 9.17) is 0 Å². The summed E-state index contributed by atoms with van der Waals surface area (Å²) in [5.41, 5.74) is 1.76. The van der Waals surface area contributed by atoms with Gasteiger partial charge in [0, 0.05) is 12.0 Å². The molecule has 1 saturated carbocycles. The molecule has 19 heavy (non-hydrogen) atoms. The van der Waals surface area contributed by atoms with Crippen LogP contribution >= 0.6 is 0 Å². The molecule has 0 radical (unpaired) electrons. The van der Waals surface area contributed by atoms with E-state index in [-0.39, 0.29) is 17.6 Å². The molecular formula is C16H20O3. The number of ketones is 1. The van der Waals surface area contributed by atoms with E-state index in [9.17, 15) is 14.7 Å². The second-order valence-corrected chi connectivity index (χ2v) is 5.49. The highest BCUT2D eigenvalue weighted by molar-refractivity contribution is 5.96. The lowest BCUT2D eigenvalue weighted by Gasteiger charge is -2.27. The van der Waals surface area contributed by atoms with E-state index in [0.29, 0.717) is 18.4 Å². The van der Waals surface area contributed by atoms with Crippen LogP contribution in [0.2, 0.25) is 0 Å². The van der Waals surface area contributed by atoms with E-state index in [0.717, 1.165) is 24.8 Å². The monoisotopic (exact) mass is 260 g/mol. The van der Waals surface area contributed by atoms with Gasteiger partial charge in [0.2, 0.25) is 0 Å². The molecule has 102 valence electrons. The number of carboxylic acids is 1. The second-order valence-electron chi connectivity index (χ2n) is 5.49. The molecule has 0 bridgehead atoms. The van der Waals surface area contributed by atoms with Gasteiger partial charge in [-0.2, -0.15) is 0 Å². The third-order valence-electron chi connectivity index (χ3n) is 4.01. The van der Waals surface area contributed by atoms with Crippen LogP contribution in [0.5, 0.6) is 0 Å². The average molecular weight is 260 g/mol.